The summed E-state index contributed by atoms with van der Waals surface area (Å²) in [6, 6.07) is 7.96. The van der Waals surface area contributed by atoms with Gasteiger partial charge in [0.25, 0.3) is 0 Å². The molecule has 0 amide bonds. The zero-order valence-corrected chi connectivity index (χ0v) is 14.5. The Bertz CT molecular complexity index is 694. The Hall–Kier alpha value is -1.82. The topological polar surface area (TPSA) is 50.7 Å². The molecule has 0 heterocycles. The van der Waals surface area contributed by atoms with Crippen molar-refractivity contribution < 1.29 is 19.0 Å². The van der Waals surface area contributed by atoms with Crippen molar-refractivity contribution in [3.05, 3.63) is 46.7 Å². The van der Waals surface area contributed by atoms with Crippen molar-refractivity contribution in [3.8, 4) is 22.6 Å². The molecule has 6 heteroatoms. The lowest BCUT2D eigenvalue weighted by atomic mass is 10.0. The molecule has 0 aliphatic rings. The van der Waals surface area contributed by atoms with Gasteiger partial charge in [-0.2, -0.15) is 0 Å². The maximum atomic E-state index is 14.3. The van der Waals surface area contributed by atoms with Crippen molar-refractivity contribution in [2.24, 2.45) is 0 Å². The van der Waals surface area contributed by atoms with Crippen LogP contribution in [0.1, 0.15) is 5.56 Å². The van der Waals surface area contributed by atoms with Crippen LogP contribution in [0.4, 0.5) is 4.39 Å². The number of rotatable bonds is 8. The molecule has 0 radical (unpaired) electrons. The first-order valence-corrected chi connectivity index (χ1v) is 8.02. The third-order valence-corrected chi connectivity index (χ3v) is 3.78. The fourth-order valence-corrected chi connectivity index (χ4v) is 2.42. The van der Waals surface area contributed by atoms with Crippen molar-refractivity contribution in [3.63, 3.8) is 0 Å². The minimum absolute atomic E-state index is 0.0973. The summed E-state index contributed by atoms with van der Waals surface area (Å²) in [6.45, 7) is 4.37. The van der Waals surface area contributed by atoms with E-state index >= 15 is 0 Å². The van der Waals surface area contributed by atoms with E-state index in [1.165, 1.54) is 6.07 Å². The van der Waals surface area contributed by atoms with Crippen LogP contribution in [0.15, 0.2) is 30.3 Å². The minimum Gasteiger partial charge on any atom is -0.506 e. The largest absolute Gasteiger partial charge is 0.506 e. The lowest BCUT2D eigenvalue weighted by Crippen LogP contribution is -2.24. The monoisotopic (exact) mass is 353 g/mol. The van der Waals surface area contributed by atoms with E-state index in [1.54, 1.807) is 13.2 Å². The van der Waals surface area contributed by atoms with Crippen LogP contribution in [-0.2, 0) is 4.74 Å². The Kier molecular flexibility index (Phi) is 6.85. The van der Waals surface area contributed by atoms with Crippen molar-refractivity contribution in [1.29, 1.82) is 0 Å². The van der Waals surface area contributed by atoms with Crippen LogP contribution in [-0.4, -0.2) is 38.5 Å². The molecule has 0 aliphatic heterocycles. The number of phenols is 1. The normalized spacial score (nSPS) is 10.8. The van der Waals surface area contributed by atoms with Gasteiger partial charge in [0.05, 0.1) is 11.6 Å². The number of hydrogen-bond acceptors (Lipinski definition) is 4. The van der Waals surface area contributed by atoms with Gasteiger partial charge in [-0.1, -0.05) is 23.2 Å². The zero-order chi connectivity index (χ0) is 17.5. The van der Waals surface area contributed by atoms with Crippen LogP contribution in [0.5, 0.6) is 11.5 Å². The third kappa shape index (κ3) is 4.84. The lowest BCUT2D eigenvalue weighted by molar-refractivity contribution is 0.197. The van der Waals surface area contributed by atoms with Crippen molar-refractivity contribution in [2.75, 3.05) is 33.4 Å². The van der Waals surface area contributed by atoms with Crippen molar-refractivity contribution in [2.45, 2.75) is 6.92 Å². The predicted octanol–water partition coefficient (Wildman–Crippen LogP) is 3.77. The molecule has 0 aliphatic carbocycles. The van der Waals surface area contributed by atoms with E-state index in [9.17, 15) is 9.50 Å². The summed E-state index contributed by atoms with van der Waals surface area (Å²) in [6.07, 6.45) is 0. The van der Waals surface area contributed by atoms with E-state index in [-0.39, 0.29) is 10.8 Å². The van der Waals surface area contributed by atoms with Crippen molar-refractivity contribution >= 4 is 11.6 Å². The summed E-state index contributed by atoms with van der Waals surface area (Å²) in [4.78, 5) is 0. The standard InChI is InChI=1S/C18H21ClFNO3/c1-12-3-4-18(24-8-6-21-5-7-23-2)14(9-12)13-10-15(19)17(22)11-16(13)20/h3-4,9-11,21-22H,5-8H2,1-2H3. The minimum atomic E-state index is -0.550. The molecule has 0 saturated heterocycles. The second-order valence-corrected chi connectivity index (χ2v) is 5.78. The molecule has 4 nitrogen and oxygen atoms in total. The molecule has 0 unspecified atom stereocenters. The van der Waals surface area contributed by atoms with Gasteiger partial charge in [0.1, 0.15) is 23.9 Å². The van der Waals surface area contributed by atoms with Gasteiger partial charge >= 0.3 is 0 Å². The summed E-state index contributed by atoms with van der Waals surface area (Å²) in [7, 11) is 1.65. The van der Waals surface area contributed by atoms with Crippen LogP contribution < -0.4 is 10.1 Å². The van der Waals surface area contributed by atoms with Crippen LogP contribution in [0.3, 0.4) is 0 Å². The highest BCUT2D eigenvalue weighted by molar-refractivity contribution is 6.32. The summed E-state index contributed by atoms with van der Waals surface area (Å²) >= 11 is 5.92. The number of aromatic hydroxyl groups is 1. The van der Waals surface area contributed by atoms with Gasteiger partial charge in [-0.3, -0.25) is 0 Å². The second kappa shape index (κ2) is 8.87. The third-order valence-electron chi connectivity index (χ3n) is 3.48. The molecule has 0 atom stereocenters. The maximum absolute atomic E-state index is 14.3. The summed E-state index contributed by atoms with van der Waals surface area (Å²) in [5, 5.41) is 12.8. The zero-order valence-electron chi connectivity index (χ0n) is 13.7. The Morgan fingerprint density at radius 3 is 2.62 bits per heavy atom. The van der Waals surface area contributed by atoms with Gasteiger partial charge in [-0.15, -0.1) is 0 Å². The number of hydrogen-bond donors (Lipinski definition) is 2. The quantitative estimate of drug-likeness (QED) is 0.709. The number of phenolic OH excluding ortho intramolecular Hbond substituents is 1. The second-order valence-electron chi connectivity index (χ2n) is 5.37. The fraction of sp³-hybridized carbons (Fsp3) is 0.333. The smallest absolute Gasteiger partial charge is 0.137 e. The molecule has 2 aromatic rings. The first-order chi connectivity index (χ1) is 11.5. The average Bonchev–Trinajstić information content (AvgIpc) is 2.55. The van der Waals surface area contributed by atoms with E-state index < -0.39 is 5.82 Å². The Morgan fingerprint density at radius 1 is 1.12 bits per heavy atom. The van der Waals surface area contributed by atoms with Crippen LogP contribution in [0.2, 0.25) is 5.02 Å². The first-order valence-electron chi connectivity index (χ1n) is 7.64. The average molecular weight is 354 g/mol. The molecular formula is C18H21ClFNO3. The molecule has 0 spiro atoms. The number of halogens is 2. The summed E-state index contributed by atoms with van der Waals surface area (Å²) < 4.78 is 25.0. The van der Waals surface area contributed by atoms with Crippen LogP contribution in [0.25, 0.3) is 11.1 Å². The Morgan fingerprint density at radius 2 is 1.88 bits per heavy atom. The fourth-order valence-electron chi connectivity index (χ4n) is 2.26. The van der Waals surface area contributed by atoms with E-state index in [0.717, 1.165) is 18.2 Å². The number of aryl methyl sites for hydroxylation is 1. The summed E-state index contributed by atoms with van der Waals surface area (Å²) in [5.41, 5.74) is 1.87. The number of ether oxygens (including phenoxy) is 2. The Labute approximate surface area is 146 Å². The number of nitrogens with one attached hydrogen (secondary N) is 1. The molecule has 2 aromatic carbocycles. The highest BCUT2D eigenvalue weighted by Gasteiger charge is 2.14. The molecule has 24 heavy (non-hydrogen) atoms. The highest BCUT2D eigenvalue weighted by Crippen LogP contribution is 2.37. The molecule has 2 N–H and O–H groups in total. The summed E-state index contributed by atoms with van der Waals surface area (Å²) in [5.74, 6) is -0.268. The van der Waals surface area contributed by atoms with Gasteiger partial charge in [0.2, 0.25) is 0 Å². The maximum Gasteiger partial charge on any atom is 0.137 e. The van der Waals surface area contributed by atoms with Gasteiger partial charge in [0.15, 0.2) is 0 Å². The number of benzene rings is 2. The lowest BCUT2D eigenvalue weighted by Gasteiger charge is -2.14. The van der Waals surface area contributed by atoms with E-state index in [1.807, 2.05) is 19.1 Å². The predicted molar refractivity (Wildman–Crippen MR) is 93.5 cm³/mol. The van der Waals surface area contributed by atoms with Gasteiger partial charge in [-0.25, -0.2) is 4.39 Å². The van der Waals surface area contributed by atoms with Crippen molar-refractivity contribution in [1.82, 2.24) is 5.32 Å². The molecule has 0 saturated carbocycles. The SMILES string of the molecule is COCCNCCOc1ccc(C)cc1-c1cc(Cl)c(O)cc1F. The van der Waals surface area contributed by atoms with Gasteiger partial charge in [-0.05, 0) is 25.1 Å². The van der Waals surface area contributed by atoms with Gasteiger partial charge < -0.3 is 19.9 Å². The molecule has 0 bridgehead atoms. The van der Waals surface area contributed by atoms with Crippen LogP contribution in [0, 0.1) is 12.7 Å². The molecule has 0 fully saturated rings. The van der Waals surface area contributed by atoms with E-state index in [4.69, 9.17) is 21.1 Å². The van der Waals surface area contributed by atoms with Crippen LogP contribution >= 0.6 is 11.6 Å². The van der Waals surface area contributed by atoms with Gasteiger partial charge in [0, 0.05) is 37.4 Å². The van der Waals surface area contributed by atoms with E-state index in [2.05, 4.69) is 5.32 Å². The highest BCUT2D eigenvalue weighted by atomic mass is 35.5. The molecular weight excluding hydrogens is 333 g/mol. The number of methoxy groups -OCH3 is 1. The molecule has 130 valence electrons. The Balaban J connectivity index is 2.18. The van der Waals surface area contributed by atoms with E-state index in [0.29, 0.717) is 36.6 Å². The molecule has 2 rings (SSSR count). The molecule has 0 aromatic heterocycles. The first kappa shape index (κ1) is 18.5.